The highest BCUT2D eigenvalue weighted by atomic mass is 16.4. The normalized spacial score (nSPS) is 11.8. The predicted octanol–water partition coefficient (Wildman–Crippen LogP) is 6.10. The molecule has 0 aromatic heterocycles. The van der Waals surface area contributed by atoms with E-state index in [2.05, 4.69) is 19.1 Å². The van der Waals surface area contributed by atoms with Crippen molar-refractivity contribution in [3.8, 4) is 0 Å². The van der Waals surface area contributed by atoms with Crippen LogP contribution < -0.4 is 5.11 Å². The van der Waals surface area contributed by atoms with Crippen LogP contribution in [0.1, 0.15) is 135 Å². The van der Waals surface area contributed by atoms with Gasteiger partial charge in [-0.25, -0.2) is 0 Å². The lowest BCUT2D eigenvalue weighted by Gasteiger charge is -2.38. The Bertz CT molecular complexity index is 574. The van der Waals surface area contributed by atoms with Gasteiger partial charge in [0.15, 0.2) is 0 Å². The lowest BCUT2D eigenvalue weighted by atomic mass is 10.0. The molecule has 0 radical (unpaired) electrons. The van der Waals surface area contributed by atoms with E-state index in [1.54, 1.807) is 0 Å². The minimum atomic E-state index is -1.19. The number of carbonyl (C=O) groups excluding carboxylic acids is 1. The van der Waals surface area contributed by atoms with Crippen LogP contribution in [0.5, 0.6) is 0 Å². The van der Waals surface area contributed by atoms with E-state index < -0.39 is 17.9 Å². The Morgan fingerprint density at radius 3 is 1.35 bits per heavy atom. The minimum Gasteiger partial charge on any atom is -0.550 e. The van der Waals surface area contributed by atoms with Gasteiger partial charge < -0.3 is 24.6 Å². The summed E-state index contributed by atoms with van der Waals surface area (Å²) in [4.78, 5) is 33.2. The maximum absolute atomic E-state index is 11.1. The summed E-state index contributed by atoms with van der Waals surface area (Å²) in [7, 11) is 0. The van der Waals surface area contributed by atoms with Gasteiger partial charge in [-0.1, -0.05) is 96.1 Å². The number of carboxylic acid groups (broad SMARTS) is 3. The molecular formula is C30H55NO6. The van der Waals surface area contributed by atoms with Crippen molar-refractivity contribution in [3.05, 3.63) is 12.2 Å². The minimum absolute atomic E-state index is 0.105. The standard InChI is InChI=1S/C30H55NO6/c1-2-3-4-5-6-7-8-9-10-11-12-13-14-15-16-17-18-19-20-24-31(25-21-28(32)33,26-22-29(34)35)27-23-30(36)37/h16-17H,2-15,18-27H2,1H3,(H2-,32,33,34,35,36,37)/b17-16+. The number of nitrogens with zero attached hydrogens (tertiary/aromatic N) is 1. The number of quaternary nitrogens is 1. The van der Waals surface area contributed by atoms with Crippen LogP contribution in [-0.2, 0) is 14.4 Å². The Morgan fingerprint density at radius 2 is 0.946 bits per heavy atom. The van der Waals surface area contributed by atoms with Gasteiger partial charge >= 0.3 is 11.9 Å². The van der Waals surface area contributed by atoms with Crippen molar-refractivity contribution in [1.82, 2.24) is 0 Å². The highest BCUT2D eigenvalue weighted by molar-refractivity contribution is 5.67. The summed E-state index contributed by atoms with van der Waals surface area (Å²) in [6.07, 6.45) is 25.4. The molecule has 0 spiro atoms. The first-order valence-electron chi connectivity index (χ1n) is 14.9. The summed E-state index contributed by atoms with van der Waals surface area (Å²) < 4.78 is 0.204. The Labute approximate surface area is 225 Å². The molecule has 2 N–H and O–H groups in total. The Hall–Kier alpha value is -1.89. The molecule has 0 aliphatic heterocycles. The van der Waals surface area contributed by atoms with Gasteiger partial charge in [-0.3, -0.25) is 9.59 Å². The summed E-state index contributed by atoms with van der Waals surface area (Å²) in [5.74, 6) is -3.10. The molecule has 0 aromatic rings. The molecule has 0 heterocycles. The number of unbranched alkanes of at least 4 members (excludes halogenated alkanes) is 15. The first kappa shape index (κ1) is 35.1. The molecule has 0 aliphatic carbocycles. The van der Waals surface area contributed by atoms with Gasteiger partial charge in [0.05, 0.1) is 39.0 Å². The van der Waals surface area contributed by atoms with E-state index in [-0.39, 0.29) is 43.4 Å². The Balaban J connectivity index is 4.00. The second kappa shape index (κ2) is 24.4. The number of hydrogen-bond acceptors (Lipinski definition) is 4. The van der Waals surface area contributed by atoms with Crippen molar-refractivity contribution in [2.45, 2.75) is 135 Å². The van der Waals surface area contributed by atoms with Crippen LogP contribution in [0.25, 0.3) is 0 Å². The van der Waals surface area contributed by atoms with E-state index in [1.807, 2.05) is 0 Å². The summed E-state index contributed by atoms with van der Waals surface area (Å²) in [6, 6.07) is 0. The zero-order valence-electron chi connectivity index (χ0n) is 23.6. The number of hydrogen-bond donors (Lipinski definition) is 2. The lowest BCUT2D eigenvalue weighted by molar-refractivity contribution is -0.927. The van der Waals surface area contributed by atoms with Gasteiger partial charge in [-0.2, -0.15) is 0 Å². The fourth-order valence-electron chi connectivity index (χ4n) is 4.89. The van der Waals surface area contributed by atoms with E-state index in [1.165, 1.54) is 83.5 Å². The second-order valence-corrected chi connectivity index (χ2v) is 10.6. The molecule has 0 saturated heterocycles. The van der Waals surface area contributed by atoms with Crippen LogP contribution in [0, 0.1) is 0 Å². The third kappa shape index (κ3) is 24.2. The highest BCUT2D eigenvalue weighted by Gasteiger charge is 2.28. The maximum atomic E-state index is 11.1. The molecule has 0 aromatic carbocycles. The third-order valence-corrected chi connectivity index (χ3v) is 7.28. The number of rotatable bonds is 28. The van der Waals surface area contributed by atoms with E-state index in [0.29, 0.717) is 6.54 Å². The number of carboxylic acids is 3. The van der Waals surface area contributed by atoms with Gasteiger partial charge in [0.1, 0.15) is 0 Å². The molecular weight excluding hydrogens is 470 g/mol. The molecule has 0 aliphatic rings. The predicted molar refractivity (Wildman–Crippen MR) is 147 cm³/mol. The summed E-state index contributed by atoms with van der Waals surface area (Å²) in [6.45, 7) is 3.53. The van der Waals surface area contributed by atoms with Gasteiger partial charge in [-0.15, -0.1) is 0 Å². The van der Waals surface area contributed by atoms with E-state index in [0.717, 1.165) is 25.7 Å². The van der Waals surface area contributed by atoms with E-state index >= 15 is 0 Å². The Morgan fingerprint density at radius 1 is 0.568 bits per heavy atom. The quantitative estimate of drug-likeness (QED) is 0.0724. The average molecular weight is 526 g/mol. The van der Waals surface area contributed by atoms with Crippen LogP contribution >= 0.6 is 0 Å². The molecule has 0 bridgehead atoms. The molecule has 37 heavy (non-hydrogen) atoms. The smallest absolute Gasteiger partial charge is 0.309 e. The fraction of sp³-hybridized carbons (Fsp3) is 0.833. The van der Waals surface area contributed by atoms with Crippen molar-refractivity contribution in [3.63, 3.8) is 0 Å². The Kier molecular flexibility index (Phi) is 23.2. The van der Waals surface area contributed by atoms with Crippen LogP contribution in [0.4, 0.5) is 0 Å². The SMILES string of the molecule is CCCCCCCCCCCCCCC/C=C/CCCC[N+](CCC(=O)[O-])(CCC(=O)O)CCC(=O)O. The van der Waals surface area contributed by atoms with Crippen molar-refractivity contribution >= 4 is 17.9 Å². The molecule has 0 atom stereocenters. The van der Waals surface area contributed by atoms with E-state index in [9.17, 15) is 19.5 Å². The molecule has 216 valence electrons. The fourth-order valence-corrected chi connectivity index (χ4v) is 4.89. The lowest BCUT2D eigenvalue weighted by Crippen LogP contribution is -2.53. The summed E-state index contributed by atoms with van der Waals surface area (Å²) in [5, 5.41) is 29.2. The number of aliphatic carboxylic acids is 3. The van der Waals surface area contributed by atoms with Gasteiger partial charge in [0.2, 0.25) is 0 Å². The third-order valence-electron chi connectivity index (χ3n) is 7.28. The largest absolute Gasteiger partial charge is 0.550 e. The highest BCUT2D eigenvalue weighted by Crippen LogP contribution is 2.16. The molecule has 0 fully saturated rings. The van der Waals surface area contributed by atoms with Crippen LogP contribution in [0.3, 0.4) is 0 Å². The number of carbonyl (C=O) groups is 3. The molecule has 0 saturated carbocycles. The number of allylic oxidation sites excluding steroid dienone is 2. The zero-order valence-corrected chi connectivity index (χ0v) is 23.6. The first-order valence-corrected chi connectivity index (χ1v) is 14.9. The van der Waals surface area contributed by atoms with Crippen LogP contribution in [0.15, 0.2) is 12.2 Å². The molecule has 0 rings (SSSR count). The van der Waals surface area contributed by atoms with Crippen molar-refractivity contribution < 1.29 is 34.2 Å². The average Bonchev–Trinajstić information content (AvgIpc) is 2.85. The summed E-state index contributed by atoms with van der Waals surface area (Å²) in [5.41, 5.74) is 0. The second-order valence-electron chi connectivity index (χ2n) is 10.6. The molecule has 0 amide bonds. The van der Waals surface area contributed by atoms with Crippen LogP contribution in [0.2, 0.25) is 0 Å². The van der Waals surface area contributed by atoms with E-state index in [4.69, 9.17) is 10.2 Å². The van der Waals surface area contributed by atoms with Crippen molar-refractivity contribution in [2.24, 2.45) is 0 Å². The summed E-state index contributed by atoms with van der Waals surface area (Å²) >= 11 is 0. The van der Waals surface area contributed by atoms with Crippen molar-refractivity contribution in [1.29, 1.82) is 0 Å². The van der Waals surface area contributed by atoms with Gasteiger partial charge in [0.25, 0.3) is 0 Å². The topological polar surface area (TPSA) is 115 Å². The van der Waals surface area contributed by atoms with Crippen molar-refractivity contribution in [2.75, 3.05) is 26.2 Å². The maximum Gasteiger partial charge on any atom is 0.309 e. The molecule has 7 heteroatoms. The molecule has 7 nitrogen and oxygen atoms in total. The monoisotopic (exact) mass is 525 g/mol. The molecule has 0 unspecified atom stereocenters. The van der Waals surface area contributed by atoms with Gasteiger partial charge in [-0.05, 0) is 32.1 Å². The van der Waals surface area contributed by atoms with Gasteiger partial charge in [0, 0.05) is 12.4 Å². The first-order chi connectivity index (χ1) is 17.8. The van der Waals surface area contributed by atoms with Crippen LogP contribution in [-0.4, -0.2) is 58.8 Å². The zero-order chi connectivity index (χ0) is 27.6.